The molecule has 1 saturated heterocycles. The highest BCUT2D eigenvalue weighted by molar-refractivity contribution is 4.76. The third-order valence-electron chi connectivity index (χ3n) is 3.80. The van der Waals surface area contributed by atoms with Gasteiger partial charge in [0.1, 0.15) is 0 Å². The average Bonchev–Trinajstić information content (AvgIpc) is 2.41. The Morgan fingerprint density at radius 2 is 1.94 bits per heavy atom. The smallest absolute Gasteiger partial charge is 0.0725 e. The van der Waals surface area contributed by atoms with Gasteiger partial charge in [0.2, 0.25) is 0 Å². The zero-order valence-electron chi connectivity index (χ0n) is 12.4. The SMILES string of the molecule is CCCC(NCC)C(CC)OCC1CCOCC1. The second kappa shape index (κ2) is 9.76. The Labute approximate surface area is 113 Å². The summed E-state index contributed by atoms with van der Waals surface area (Å²) in [5, 5.41) is 3.57. The van der Waals surface area contributed by atoms with E-state index in [1.165, 1.54) is 12.8 Å². The molecule has 3 heteroatoms. The van der Waals surface area contributed by atoms with Crippen molar-refractivity contribution in [2.75, 3.05) is 26.4 Å². The van der Waals surface area contributed by atoms with E-state index < -0.39 is 0 Å². The fourth-order valence-electron chi connectivity index (χ4n) is 2.68. The van der Waals surface area contributed by atoms with E-state index in [2.05, 4.69) is 26.1 Å². The van der Waals surface area contributed by atoms with Crippen LogP contribution in [0, 0.1) is 5.92 Å². The molecule has 0 radical (unpaired) electrons. The summed E-state index contributed by atoms with van der Waals surface area (Å²) in [6.07, 6.45) is 6.22. The van der Waals surface area contributed by atoms with Crippen LogP contribution in [-0.2, 0) is 9.47 Å². The Morgan fingerprint density at radius 1 is 1.22 bits per heavy atom. The molecule has 0 spiro atoms. The van der Waals surface area contributed by atoms with Crippen LogP contribution in [0.3, 0.4) is 0 Å². The van der Waals surface area contributed by atoms with Gasteiger partial charge in [-0.15, -0.1) is 0 Å². The lowest BCUT2D eigenvalue weighted by molar-refractivity contribution is -0.0263. The van der Waals surface area contributed by atoms with Gasteiger partial charge in [0, 0.05) is 19.3 Å². The van der Waals surface area contributed by atoms with Gasteiger partial charge in [0.25, 0.3) is 0 Å². The van der Waals surface area contributed by atoms with Crippen LogP contribution in [0.5, 0.6) is 0 Å². The van der Waals surface area contributed by atoms with Gasteiger partial charge in [-0.25, -0.2) is 0 Å². The lowest BCUT2D eigenvalue weighted by Crippen LogP contribution is -2.41. The molecule has 1 rings (SSSR count). The van der Waals surface area contributed by atoms with E-state index in [0.717, 1.165) is 45.6 Å². The summed E-state index contributed by atoms with van der Waals surface area (Å²) in [6, 6.07) is 0.518. The highest BCUT2D eigenvalue weighted by atomic mass is 16.5. The number of rotatable bonds is 9. The van der Waals surface area contributed by atoms with Gasteiger partial charge in [-0.2, -0.15) is 0 Å². The number of nitrogens with one attached hydrogen (secondary N) is 1. The van der Waals surface area contributed by atoms with Gasteiger partial charge >= 0.3 is 0 Å². The van der Waals surface area contributed by atoms with Gasteiger partial charge in [-0.05, 0) is 38.1 Å². The van der Waals surface area contributed by atoms with Crippen molar-refractivity contribution < 1.29 is 9.47 Å². The monoisotopic (exact) mass is 257 g/mol. The first-order valence-corrected chi connectivity index (χ1v) is 7.74. The van der Waals surface area contributed by atoms with E-state index in [1.54, 1.807) is 0 Å². The molecule has 0 aromatic carbocycles. The predicted molar refractivity (Wildman–Crippen MR) is 75.9 cm³/mol. The molecular formula is C15H31NO2. The molecule has 0 amide bonds. The fraction of sp³-hybridized carbons (Fsp3) is 1.00. The number of hydrogen-bond acceptors (Lipinski definition) is 3. The predicted octanol–water partition coefficient (Wildman–Crippen LogP) is 2.99. The maximum atomic E-state index is 6.18. The second-order valence-electron chi connectivity index (χ2n) is 5.29. The van der Waals surface area contributed by atoms with Crippen molar-refractivity contribution in [2.24, 2.45) is 5.92 Å². The van der Waals surface area contributed by atoms with E-state index >= 15 is 0 Å². The third-order valence-corrected chi connectivity index (χ3v) is 3.80. The molecule has 1 aliphatic rings. The van der Waals surface area contributed by atoms with Crippen molar-refractivity contribution in [2.45, 2.75) is 65.0 Å². The van der Waals surface area contributed by atoms with Crippen molar-refractivity contribution in [3.05, 3.63) is 0 Å². The highest BCUT2D eigenvalue weighted by Gasteiger charge is 2.21. The Balaban J connectivity index is 2.32. The zero-order valence-corrected chi connectivity index (χ0v) is 12.4. The fourth-order valence-corrected chi connectivity index (χ4v) is 2.68. The Hall–Kier alpha value is -0.120. The third kappa shape index (κ3) is 5.68. The zero-order chi connectivity index (χ0) is 13.2. The summed E-state index contributed by atoms with van der Waals surface area (Å²) in [7, 11) is 0. The molecule has 0 aromatic heterocycles. The minimum atomic E-state index is 0.368. The van der Waals surface area contributed by atoms with Crippen LogP contribution in [0.2, 0.25) is 0 Å². The summed E-state index contributed by atoms with van der Waals surface area (Å²) in [4.78, 5) is 0. The van der Waals surface area contributed by atoms with E-state index in [-0.39, 0.29) is 0 Å². The van der Waals surface area contributed by atoms with Crippen LogP contribution < -0.4 is 5.32 Å². The molecule has 0 bridgehead atoms. The minimum Gasteiger partial charge on any atom is -0.381 e. The maximum Gasteiger partial charge on any atom is 0.0725 e. The van der Waals surface area contributed by atoms with Crippen LogP contribution in [0.4, 0.5) is 0 Å². The summed E-state index contributed by atoms with van der Waals surface area (Å²) in [5.74, 6) is 0.705. The van der Waals surface area contributed by atoms with Gasteiger partial charge in [-0.3, -0.25) is 0 Å². The Kier molecular flexibility index (Phi) is 8.64. The molecule has 0 saturated carbocycles. The number of likely N-dealkylation sites (N-methyl/N-ethyl adjacent to an activating group) is 1. The second-order valence-corrected chi connectivity index (χ2v) is 5.29. The first-order valence-electron chi connectivity index (χ1n) is 7.74. The van der Waals surface area contributed by atoms with Crippen molar-refractivity contribution in [3.63, 3.8) is 0 Å². The molecule has 0 aromatic rings. The van der Waals surface area contributed by atoms with Crippen LogP contribution in [0.15, 0.2) is 0 Å². The molecule has 3 nitrogen and oxygen atoms in total. The van der Waals surface area contributed by atoms with Crippen LogP contribution >= 0.6 is 0 Å². The number of hydrogen-bond donors (Lipinski definition) is 1. The van der Waals surface area contributed by atoms with Gasteiger partial charge in [0.15, 0.2) is 0 Å². The molecule has 1 fully saturated rings. The molecule has 0 aliphatic carbocycles. The summed E-state index contributed by atoms with van der Waals surface area (Å²) in [6.45, 7) is 10.4. The molecule has 18 heavy (non-hydrogen) atoms. The lowest BCUT2D eigenvalue weighted by atomic mass is 10.0. The lowest BCUT2D eigenvalue weighted by Gasteiger charge is -2.30. The van der Waals surface area contributed by atoms with Crippen LogP contribution in [0.1, 0.15) is 52.9 Å². The van der Waals surface area contributed by atoms with E-state index in [1.807, 2.05) is 0 Å². The molecule has 1 heterocycles. The van der Waals surface area contributed by atoms with E-state index in [9.17, 15) is 0 Å². The average molecular weight is 257 g/mol. The van der Waals surface area contributed by atoms with Crippen molar-refractivity contribution >= 4 is 0 Å². The maximum absolute atomic E-state index is 6.18. The first-order chi connectivity index (χ1) is 8.81. The van der Waals surface area contributed by atoms with Gasteiger partial charge in [0.05, 0.1) is 12.7 Å². The quantitative estimate of drug-likeness (QED) is 0.689. The normalized spacial score (nSPS) is 20.8. The number of ether oxygens (including phenoxy) is 2. The molecule has 1 N–H and O–H groups in total. The summed E-state index contributed by atoms with van der Waals surface area (Å²) in [5.41, 5.74) is 0. The minimum absolute atomic E-state index is 0.368. The molecule has 1 aliphatic heterocycles. The first kappa shape index (κ1) is 15.9. The van der Waals surface area contributed by atoms with E-state index in [4.69, 9.17) is 9.47 Å². The summed E-state index contributed by atoms with van der Waals surface area (Å²) < 4.78 is 11.6. The largest absolute Gasteiger partial charge is 0.381 e. The van der Waals surface area contributed by atoms with E-state index in [0.29, 0.717) is 18.1 Å². The molecule has 2 atom stereocenters. The standard InChI is InChI=1S/C15H31NO2/c1-4-7-14(16-6-3)15(5-2)18-12-13-8-10-17-11-9-13/h13-16H,4-12H2,1-3H3. The summed E-state index contributed by atoms with van der Waals surface area (Å²) >= 11 is 0. The van der Waals surface area contributed by atoms with Crippen molar-refractivity contribution in [1.29, 1.82) is 0 Å². The highest BCUT2D eigenvalue weighted by Crippen LogP contribution is 2.18. The van der Waals surface area contributed by atoms with Crippen LogP contribution in [-0.4, -0.2) is 38.5 Å². The Morgan fingerprint density at radius 3 is 2.50 bits per heavy atom. The van der Waals surface area contributed by atoms with Crippen molar-refractivity contribution in [1.82, 2.24) is 5.32 Å². The molecular weight excluding hydrogens is 226 g/mol. The van der Waals surface area contributed by atoms with Crippen molar-refractivity contribution in [3.8, 4) is 0 Å². The van der Waals surface area contributed by atoms with Crippen LogP contribution in [0.25, 0.3) is 0 Å². The Bertz CT molecular complexity index is 187. The van der Waals surface area contributed by atoms with Gasteiger partial charge < -0.3 is 14.8 Å². The molecule has 108 valence electrons. The molecule has 2 unspecified atom stereocenters. The van der Waals surface area contributed by atoms with Gasteiger partial charge in [-0.1, -0.05) is 27.2 Å². The topological polar surface area (TPSA) is 30.5 Å².